The molecule has 0 aliphatic rings. The Balaban J connectivity index is -0.000000158. The van der Waals surface area contributed by atoms with E-state index in [0.29, 0.717) is 0 Å². The molecule has 0 saturated carbocycles. The van der Waals surface area contributed by atoms with Crippen molar-refractivity contribution in [2.45, 2.75) is 128 Å². The molecule has 6 N–H and O–H groups in total. The summed E-state index contributed by atoms with van der Waals surface area (Å²) in [6, 6.07) is 0. The number of nitrogens with zero attached hydrogens (tertiary/aromatic N) is 2. The standard InChI is InChI=1S/2C14H32N2.Cu.2O/c2*1-16(2)14-12-10-8-6-4-3-5-7-9-11-13-15;;;/h2*3-15H2,1-2H3;;;/q;;+2;2*-2/p+2. The van der Waals surface area contributed by atoms with E-state index in [1.54, 1.807) is 0 Å². The van der Waals surface area contributed by atoms with Gasteiger partial charge in [0.05, 0.1) is 13.1 Å². The minimum absolute atomic E-state index is 0. The molecule has 1 radical (unpaired) electrons. The minimum atomic E-state index is 0. The molecule has 35 heavy (non-hydrogen) atoms. The first-order chi connectivity index (χ1) is 15.5. The fraction of sp³-hybridized carbons (Fsp3) is 1.00. The van der Waals surface area contributed by atoms with Crippen molar-refractivity contribution in [3.05, 3.63) is 0 Å². The van der Waals surface area contributed by atoms with Crippen molar-refractivity contribution in [3.8, 4) is 0 Å². The molecule has 0 amide bonds. The predicted octanol–water partition coefficient (Wildman–Crippen LogP) is 5.14. The van der Waals surface area contributed by atoms with Gasteiger partial charge in [0, 0.05) is 0 Å². The van der Waals surface area contributed by atoms with Gasteiger partial charge in [0.2, 0.25) is 0 Å². The van der Waals surface area contributed by atoms with E-state index in [1.165, 1.54) is 142 Å². The number of hydrogen-bond acceptors (Lipinski definition) is 2. The van der Waals surface area contributed by atoms with Gasteiger partial charge < -0.3 is 32.2 Å². The van der Waals surface area contributed by atoms with Crippen LogP contribution in [-0.4, -0.2) is 64.2 Å². The normalized spacial score (nSPS) is 10.3. The third-order valence-corrected chi connectivity index (χ3v) is 6.21. The van der Waals surface area contributed by atoms with Gasteiger partial charge in [-0.3, -0.25) is 0 Å². The van der Waals surface area contributed by atoms with Gasteiger partial charge in [-0.2, -0.15) is 0 Å². The molecule has 0 fully saturated rings. The molecule has 0 heterocycles. The molecule has 0 aromatic heterocycles. The van der Waals surface area contributed by atoms with E-state index in [9.17, 15) is 0 Å². The van der Waals surface area contributed by atoms with E-state index in [-0.39, 0.29) is 28.0 Å². The second kappa shape index (κ2) is 41.4. The molecular formula is C28H66CuN4O2. The van der Waals surface area contributed by atoms with Gasteiger partial charge in [0.25, 0.3) is 0 Å². The van der Waals surface area contributed by atoms with Gasteiger partial charge in [0.1, 0.15) is 0 Å². The van der Waals surface area contributed by atoms with Crippen LogP contribution < -0.4 is 11.5 Å². The summed E-state index contributed by atoms with van der Waals surface area (Å²) in [4.78, 5) is 4.56. The monoisotopic (exact) mass is 553 g/mol. The Labute approximate surface area is 231 Å². The average molecular weight is 554 g/mol. The third kappa shape index (κ3) is 51.7. The van der Waals surface area contributed by atoms with E-state index in [4.69, 9.17) is 0 Å². The van der Waals surface area contributed by atoms with Crippen molar-refractivity contribution in [2.24, 2.45) is 0 Å². The Bertz CT molecular complexity index is 295. The van der Waals surface area contributed by atoms with Crippen molar-refractivity contribution in [3.63, 3.8) is 0 Å². The van der Waals surface area contributed by atoms with Gasteiger partial charge in [-0.05, 0) is 79.8 Å². The molecule has 0 rings (SSSR count). The van der Waals surface area contributed by atoms with Gasteiger partial charge in [-0.15, -0.1) is 0 Å². The molecule has 0 aromatic carbocycles. The first-order valence-corrected chi connectivity index (χ1v) is 14.4. The molecule has 0 aliphatic heterocycles. The smallest absolute Gasteiger partial charge is 2.00 e. The minimum Gasteiger partial charge on any atom is -2.00 e. The van der Waals surface area contributed by atoms with Crippen molar-refractivity contribution in [1.29, 1.82) is 0 Å². The Kier molecular flexibility index (Phi) is 53.5. The van der Waals surface area contributed by atoms with Crippen molar-refractivity contribution in [2.75, 3.05) is 54.4 Å². The predicted molar refractivity (Wildman–Crippen MR) is 146 cm³/mol. The van der Waals surface area contributed by atoms with Crippen molar-refractivity contribution >= 4 is 0 Å². The molecule has 0 atom stereocenters. The van der Waals surface area contributed by atoms with Crippen LogP contribution in [0.5, 0.6) is 0 Å². The Morgan fingerprint density at radius 3 is 0.686 bits per heavy atom. The van der Waals surface area contributed by atoms with E-state index >= 15 is 0 Å². The summed E-state index contributed by atoms with van der Waals surface area (Å²) in [6.07, 6.45) is 28.3. The number of hydrogen-bond donors (Lipinski definition) is 2. The maximum absolute atomic E-state index is 3.87. The Hall–Kier alpha value is 0.279. The second-order valence-electron chi connectivity index (χ2n) is 10.4. The number of rotatable bonds is 24. The zero-order valence-corrected chi connectivity index (χ0v) is 25.3. The van der Waals surface area contributed by atoms with E-state index < -0.39 is 0 Å². The molecule has 0 aromatic rings. The van der Waals surface area contributed by atoms with E-state index in [0.717, 1.165) is 13.1 Å². The molecular weight excluding hydrogens is 488 g/mol. The number of quaternary nitrogens is 2. The first kappa shape index (κ1) is 45.2. The molecule has 0 unspecified atom stereocenters. The quantitative estimate of drug-likeness (QED) is 0.127. The van der Waals surface area contributed by atoms with Crippen LogP contribution in [0.4, 0.5) is 0 Å². The SMILES string of the molecule is CN(C)CCCCCCCCCCCC[NH3+].CN(C)CCCCCCCCCCCC[NH3+].[Cu+2].[O-2].[O-2]. The molecule has 7 heteroatoms. The fourth-order valence-electron chi connectivity index (χ4n) is 4.04. The second-order valence-corrected chi connectivity index (χ2v) is 10.4. The fourth-order valence-corrected chi connectivity index (χ4v) is 4.04. The van der Waals surface area contributed by atoms with Crippen LogP contribution in [-0.2, 0) is 28.0 Å². The van der Waals surface area contributed by atoms with Gasteiger partial charge >= 0.3 is 17.1 Å². The van der Waals surface area contributed by atoms with E-state index in [1.807, 2.05) is 0 Å². The summed E-state index contributed by atoms with van der Waals surface area (Å²) < 4.78 is 0. The largest absolute Gasteiger partial charge is 2.00 e. The van der Waals surface area contributed by atoms with Crippen LogP contribution in [0, 0.1) is 0 Å². The summed E-state index contributed by atoms with van der Waals surface area (Å²) >= 11 is 0. The Morgan fingerprint density at radius 2 is 0.514 bits per heavy atom. The molecule has 221 valence electrons. The van der Waals surface area contributed by atoms with Crippen molar-refractivity contribution < 1.29 is 39.5 Å². The summed E-state index contributed by atoms with van der Waals surface area (Å²) in [7, 11) is 8.63. The maximum Gasteiger partial charge on any atom is 2.00 e. The van der Waals surface area contributed by atoms with E-state index in [2.05, 4.69) is 49.5 Å². The topological polar surface area (TPSA) is 119 Å². The van der Waals surface area contributed by atoms with Crippen LogP contribution in [0.25, 0.3) is 0 Å². The summed E-state index contributed by atoms with van der Waals surface area (Å²) in [5, 5.41) is 0. The molecule has 0 spiro atoms. The summed E-state index contributed by atoms with van der Waals surface area (Å²) in [5.41, 5.74) is 7.74. The first-order valence-electron chi connectivity index (χ1n) is 14.4. The third-order valence-electron chi connectivity index (χ3n) is 6.21. The summed E-state index contributed by atoms with van der Waals surface area (Å²) in [6.45, 7) is 4.74. The van der Waals surface area contributed by atoms with Gasteiger partial charge in [-0.25, -0.2) is 0 Å². The van der Waals surface area contributed by atoms with Crippen LogP contribution >= 0.6 is 0 Å². The molecule has 0 aliphatic carbocycles. The van der Waals surface area contributed by atoms with Crippen LogP contribution in [0.1, 0.15) is 128 Å². The van der Waals surface area contributed by atoms with Gasteiger partial charge in [-0.1, -0.05) is 89.9 Å². The maximum atomic E-state index is 3.87. The van der Waals surface area contributed by atoms with Gasteiger partial charge in [0.15, 0.2) is 0 Å². The van der Waals surface area contributed by atoms with Crippen LogP contribution in [0.3, 0.4) is 0 Å². The zero-order valence-electron chi connectivity index (χ0n) is 24.4. The van der Waals surface area contributed by atoms with Crippen LogP contribution in [0.15, 0.2) is 0 Å². The molecule has 6 nitrogen and oxygen atoms in total. The zero-order chi connectivity index (χ0) is 24.1. The summed E-state index contributed by atoms with van der Waals surface area (Å²) in [5.74, 6) is 0. The average Bonchev–Trinajstić information content (AvgIpc) is 2.76. The van der Waals surface area contributed by atoms with Crippen LogP contribution in [0.2, 0.25) is 0 Å². The molecule has 0 bridgehead atoms. The van der Waals surface area contributed by atoms with Crippen molar-refractivity contribution in [1.82, 2.24) is 9.80 Å². The Morgan fingerprint density at radius 1 is 0.343 bits per heavy atom. The number of unbranched alkanes of at least 4 members (excludes halogenated alkanes) is 18. The molecule has 0 saturated heterocycles.